The van der Waals surface area contributed by atoms with Crippen molar-refractivity contribution >= 4 is 23.3 Å². The maximum absolute atomic E-state index is 12.7. The number of aryl methyl sites for hydroxylation is 1. The highest BCUT2D eigenvalue weighted by Gasteiger charge is 2.27. The number of anilines is 1. The number of carbonyl (C=O) groups is 1. The molecular formula is C19H23ClN2O. The van der Waals surface area contributed by atoms with Gasteiger partial charge in [-0.05, 0) is 51.5 Å². The summed E-state index contributed by atoms with van der Waals surface area (Å²) < 4.78 is 0. The average Bonchev–Trinajstić information content (AvgIpc) is 2.49. The van der Waals surface area contributed by atoms with Crippen molar-refractivity contribution in [1.82, 2.24) is 5.32 Å². The van der Waals surface area contributed by atoms with Gasteiger partial charge in [-0.15, -0.1) is 0 Å². The Morgan fingerprint density at radius 2 is 1.74 bits per heavy atom. The van der Waals surface area contributed by atoms with Crippen LogP contribution in [-0.2, 0) is 5.54 Å². The van der Waals surface area contributed by atoms with E-state index in [2.05, 4.69) is 5.32 Å². The minimum Gasteiger partial charge on any atom is -0.329 e. The lowest BCUT2D eigenvalue weighted by atomic mass is 9.94. The van der Waals surface area contributed by atoms with Crippen LogP contribution in [0.3, 0.4) is 0 Å². The molecule has 0 saturated heterocycles. The Bertz CT molecular complexity index is 680. The zero-order valence-corrected chi connectivity index (χ0v) is 14.8. The quantitative estimate of drug-likeness (QED) is 0.829. The Morgan fingerprint density at radius 1 is 1.13 bits per heavy atom. The van der Waals surface area contributed by atoms with E-state index in [0.29, 0.717) is 11.6 Å². The largest absolute Gasteiger partial charge is 0.329 e. The molecule has 0 heterocycles. The maximum Gasteiger partial charge on any atom is 0.322 e. The molecule has 0 saturated carbocycles. The van der Waals surface area contributed by atoms with Crippen LogP contribution in [0.4, 0.5) is 10.5 Å². The van der Waals surface area contributed by atoms with E-state index in [4.69, 9.17) is 11.6 Å². The molecule has 0 spiro atoms. The highest BCUT2D eigenvalue weighted by molar-refractivity contribution is 6.31. The second kappa shape index (κ2) is 7.05. The van der Waals surface area contributed by atoms with Gasteiger partial charge in [-0.3, -0.25) is 4.90 Å². The Kier molecular flexibility index (Phi) is 5.32. The second-order valence-electron chi connectivity index (χ2n) is 6.11. The smallest absolute Gasteiger partial charge is 0.322 e. The third kappa shape index (κ3) is 4.05. The topological polar surface area (TPSA) is 32.3 Å². The summed E-state index contributed by atoms with van der Waals surface area (Å²) in [6.07, 6.45) is 0. The summed E-state index contributed by atoms with van der Waals surface area (Å²) in [5, 5.41) is 3.73. The third-order valence-corrected chi connectivity index (χ3v) is 4.20. The minimum absolute atomic E-state index is 0.138. The molecule has 0 radical (unpaired) electrons. The number of hydrogen-bond donors (Lipinski definition) is 1. The number of halogens is 1. The lowest BCUT2D eigenvalue weighted by Gasteiger charge is -2.31. The van der Waals surface area contributed by atoms with E-state index in [-0.39, 0.29) is 6.03 Å². The van der Waals surface area contributed by atoms with Gasteiger partial charge in [-0.1, -0.05) is 47.5 Å². The summed E-state index contributed by atoms with van der Waals surface area (Å²) in [5.41, 5.74) is 2.38. The lowest BCUT2D eigenvalue weighted by molar-refractivity contribution is 0.236. The molecular weight excluding hydrogens is 308 g/mol. The first-order valence-corrected chi connectivity index (χ1v) is 8.14. The number of nitrogens with zero attached hydrogens (tertiary/aromatic N) is 1. The number of nitrogens with one attached hydrogen (secondary N) is 1. The standard InChI is InChI=1S/C19H23ClN2O/c1-5-22(15-12-10-14(2)11-13-15)18(23)21-19(3,4)16-8-6-7-9-17(16)20/h6-13H,5H2,1-4H3,(H,21,23). The Hall–Kier alpha value is -2.00. The molecule has 0 bridgehead atoms. The van der Waals surface area contributed by atoms with E-state index in [0.717, 1.165) is 11.3 Å². The Morgan fingerprint density at radius 3 is 2.30 bits per heavy atom. The van der Waals surface area contributed by atoms with Crippen molar-refractivity contribution in [2.75, 3.05) is 11.4 Å². The van der Waals surface area contributed by atoms with Crippen molar-refractivity contribution in [1.29, 1.82) is 0 Å². The highest BCUT2D eigenvalue weighted by atomic mass is 35.5. The predicted octanol–water partition coefficient (Wildman–Crippen LogP) is 5.12. The summed E-state index contributed by atoms with van der Waals surface area (Å²) in [6.45, 7) is 8.49. The second-order valence-corrected chi connectivity index (χ2v) is 6.52. The van der Waals surface area contributed by atoms with Crippen LogP contribution in [0, 0.1) is 6.92 Å². The Balaban J connectivity index is 2.22. The Labute approximate surface area is 143 Å². The van der Waals surface area contributed by atoms with Gasteiger partial charge in [0, 0.05) is 17.3 Å². The van der Waals surface area contributed by atoms with Gasteiger partial charge >= 0.3 is 6.03 Å². The highest BCUT2D eigenvalue weighted by Crippen LogP contribution is 2.28. The van der Waals surface area contributed by atoms with Crippen molar-refractivity contribution in [2.45, 2.75) is 33.2 Å². The molecule has 2 aromatic carbocycles. The van der Waals surface area contributed by atoms with Crippen molar-refractivity contribution in [3.63, 3.8) is 0 Å². The lowest BCUT2D eigenvalue weighted by Crippen LogP contribution is -2.48. The molecule has 0 fully saturated rings. The van der Waals surface area contributed by atoms with E-state index in [1.54, 1.807) is 4.90 Å². The molecule has 2 aromatic rings. The number of amides is 2. The van der Waals surface area contributed by atoms with Gasteiger partial charge in [0.05, 0.1) is 5.54 Å². The molecule has 2 rings (SSSR count). The first kappa shape index (κ1) is 17.4. The fraction of sp³-hybridized carbons (Fsp3) is 0.316. The van der Waals surface area contributed by atoms with Crippen LogP contribution in [-0.4, -0.2) is 12.6 Å². The van der Waals surface area contributed by atoms with Gasteiger partial charge in [0.1, 0.15) is 0 Å². The number of urea groups is 1. The molecule has 0 aliphatic rings. The van der Waals surface area contributed by atoms with Gasteiger partial charge in [0.25, 0.3) is 0 Å². The van der Waals surface area contributed by atoms with E-state index in [1.807, 2.05) is 76.2 Å². The van der Waals surface area contributed by atoms with Gasteiger partial charge < -0.3 is 5.32 Å². The first-order chi connectivity index (χ1) is 10.8. The molecule has 0 unspecified atom stereocenters. The molecule has 0 aliphatic heterocycles. The summed E-state index contributed by atoms with van der Waals surface area (Å²) in [7, 11) is 0. The zero-order chi connectivity index (χ0) is 17.0. The fourth-order valence-corrected chi connectivity index (χ4v) is 2.91. The van der Waals surface area contributed by atoms with Crippen LogP contribution < -0.4 is 10.2 Å². The van der Waals surface area contributed by atoms with Crippen molar-refractivity contribution in [3.8, 4) is 0 Å². The van der Waals surface area contributed by atoms with Crippen LogP contribution in [0.15, 0.2) is 48.5 Å². The molecule has 3 nitrogen and oxygen atoms in total. The van der Waals surface area contributed by atoms with Gasteiger partial charge in [-0.25, -0.2) is 4.79 Å². The van der Waals surface area contributed by atoms with Crippen molar-refractivity contribution in [3.05, 3.63) is 64.7 Å². The molecule has 0 atom stereocenters. The summed E-state index contributed by atoms with van der Waals surface area (Å²) in [6, 6.07) is 15.4. The molecule has 122 valence electrons. The zero-order valence-electron chi connectivity index (χ0n) is 14.1. The van der Waals surface area contributed by atoms with Crippen molar-refractivity contribution < 1.29 is 4.79 Å². The van der Waals surface area contributed by atoms with E-state index in [1.165, 1.54) is 5.56 Å². The molecule has 2 amide bonds. The van der Waals surface area contributed by atoms with Gasteiger partial charge in [0.15, 0.2) is 0 Å². The molecule has 23 heavy (non-hydrogen) atoms. The van der Waals surface area contributed by atoms with E-state index in [9.17, 15) is 4.79 Å². The number of hydrogen-bond acceptors (Lipinski definition) is 1. The number of benzene rings is 2. The molecule has 1 N–H and O–H groups in total. The van der Waals surface area contributed by atoms with Crippen LogP contribution >= 0.6 is 11.6 Å². The van der Waals surface area contributed by atoms with Crippen LogP contribution in [0.1, 0.15) is 31.9 Å². The van der Waals surface area contributed by atoms with Crippen molar-refractivity contribution in [2.24, 2.45) is 0 Å². The summed E-state index contributed by atoms with van der Waals surface area (Å²) >= 11 is 6.28. The monoisotopic (exact) mass is 330 g/mol. The summed E-state index contributed by atoms with van der Waals surface area (Å²) in [4.78, 5) is 14.5. The summed E-state index contributed by atoms with van der Waals surface area (Å²) in [5.74, 6) is 0. The third-order valence-electron chi connectivity index (χ3n) is 3.87. The average molecular weight is 331 g/mol. The molecule has 4 heteroatoms. The normalized spacial score (nSPS) is 11.2. The van der Waals surface area contributed by atoms with Gasteiger partial charge in [-0.2, -0.15) is 0 Å². The SMILES string of the molecule is CCN(C(=O)NC(C)(C)c1ccccc1Cl)c1ccc(C)cc1. The fourth-order valence-electron chi connectivity index (χ4n) is 2.54. The van der Waals surface area contributed by atoms with Crippen LogP contribution in [0.2, 0.25) is 5.02 Å². The molecule has 0 aliphatic carbocycles. The predicted molar refractivity (Wildman–Crippen MR) is 97.2 cm³/mol. The first-order valence-electron chi connectivity index (χ1n) is 7.76. The maximum atomic E-state index is 12.7. The van der Waals surface area contributed by atoms with Crippen LogP contribution in [0.25, 0.3) is 0 Å². The van der Waals surface area contributed by atoms with E-state index < -0.39 is 5.54 Å². The number of carbonyl (C=O) groups excluding carboxylic acids is 1. The van der Waals surface area contributed by atoms with Crippen LogP contribution in [0.5, 0.6) is 0 Å². The van der Waals surface area contributed by atoms with E-state index >= 15 is 0 Å². The van der Waals surface area contributed by atoms with Gasteiger partial charge in [0.2, 0.25) is 0 Å². The minimum atomic E-state index is -0.562. The molecule has 0 aromatic heterocycles. The number of rotatable bonds is 4.